The summed E-state index contributed by atoms with van der Waals surface area (Å²) in [6, 6.07) is 4.53. The molecular weight excluding hydrogens is 236 g/mol. The molecule has 3 N–H and O–H groups in total. The second-order valence-corrected chi connectivity index (χ2v) is 3.94. The van der Waals surface area contributed by atoms with Gasteiger partial charge in [-0.3, -0.25) is 14.4 Å². The van der Waals surface area contributed by atoms with Crippen molar-refractivity contribution < 1.29 is 19.5 Å². The van der Waals surface area contributed by atoms with Crippen molar-refractivity contribution in [1.82, 2.24) is 4.90 Å². The zero-order chi connectivity index (χ0) is 13.3. The second kappa shape index (κ2) is 4.58. The Morgan fingerprint density at radius 1 is 1.28 bits per heavy atom. The molecule has 0 radical (unpaired) electrons. The van der Waals surface area contributed by atoms with E-state index >= 15 is 0 Å². The van der Waals surface area contributed by atoms with Gasteiger partial charge in [0.2, 0.25) is 5.91 Å². The number of fused-ring (bicyclic) bond motifs is 1. The Hall–Kier alpha value is -2.21. The molecule has 0 bridgehead atoms. The Balaban J connectivity index is 2.34. The Bertz CT molecular complexity index is 539. The lowest BCUT2D eigenvalue weighted by atomic mass is 10.1. The molecule has 1 aromatic carbocycles. The maximum atomic E-state index is 12.0. The van der Waals surface area contributed by atoms with Crippen LogP contribution in [0.15, 0.2) is 18.2 Å². The van der Waals surface area contributed by atoms with E-state index in [-0.39, 0.29) is 36.3 Å². The summed E-state index contributed by atoms with van der Waals surface area (Å²) in [5, 5.41) is 8.65. The first-order chi connectivity index (χ1) is 8.57. The van der Waals surface area contributed by atoms with E-state index in [1.807, 2.05) is 0 Å². The maximum absolute atomic E-state index is 12.0. The highest BCUT2D eigenvalue weighted by Crippen LogP contribution is 2.28. The molecule has 0 unspecified atom stereocenters. The summed E-state index contributed by atoms with van der Waals surface area (Å²) in [7, 11) is 0. The predicted molar refractivity (Wildman–Crippen MR) is 62.7 cm³/mol. The van der Waals surface area contributed by atoms with Crippen LogP contribution >= 0.6 is 0 Å². The number of carbonyl (C=O) groups excluding carboxylic acids is 3. The summed E-state index contributed by atoms with van der Waals surface area (Å²) in [6.45, 7) is -0.170. The average Bonchev–Trinajstić information content (AvgIpc) is 2.60. The van der Waals surface area contributed by atoms with Crippen molar-refractivity contribution in [3.05, 3.63) is 29.3 Å². The number of rotatable bonds is 3. The van der Waals surface area contributed by atoms with Gasteiger partial charge in [-0.1, -0.05) is 6.07 Å². The summed E-state index contributed by atoms with van der Waals surface area (Å²) in [5.41, 5.74) is 6.05. The number of imide groups is 3. The highest BCUT2D eigenvalue weighted by molar-refractivity contribution is 6.30. The van der Waals surface area contributed by atoms with Crippen molar-refractivity contribution in [1.29, 1.82) is 0 Å². The van der Waals surface area contributed by atoms with Crippen molar-refractivity contribution in [2.75, 3.05) is 12.3 Å². The van der Waals surface area contributed by atoms with Gasteiger partial charge in [0.15, 0.2) is 0 Å². The molecule has 3 amide bonds. The predicted octanol–water partition coefficient (Wildman–Crippen LogP) is 0.164. The van der Waals surface area contributed by atoms with Gasteiger partial charge in [0, 0.05) is 18.7 Å². The Morgan fingerprint density at radius 2 is 2.00 bits per heavy atom. The van der Waals surface area contributed by atoms with E-state index in [0.29, 0.717) is 4.90 Å². The number of anilines is 1. The molecular formula is C12H12N2O4. The van der Waals surface area contributed by atoms with E-state index in [0.717, 1.165) is 0 Å². The zero-order valence-corrected chi connectivity index (χ0v) is 9.55. The number of nitrogens with zero attached hydrogens (tertiary/aromatic N) is 1. The molecule has 1 aliphatic rings. The molecule has 0 aliphatic carbocycles. The van der Waals surface area contributed by atoms with Crippen molar-refractivity contribution in [3.63, 3.8) is 0 Å². The zero-order valence-electron chi connectivity index (χ0n) is 9.55. The normalized spacial score (nSPS) is 13.9. The minimum Gasteiger partial charge on any atom is -0.398 e. The Labute approximate surface area is 103 Å². The van der Waals surface area contributed by atoms with E-state index in [9.17, 15) is 14.4 Å². The average molecular weight is 248 g/mol. The van der Waals surface area contributed by atoms with Crippen LogP contribution in [0.25, 0.3) is 0 Å². The number of hydrogen-bond donors (Lipinski definition) is 2. The number of amides is 3. The van der Waals surface area contributed by atoms with Crippen LogP contribution in [0.1, 0.15) is 33.6 Å². The Kier molecular flexibility index (Phi) is 3.12. The van der Waals surface area contributed by atoms with E-state index in [4.69, 9.17) is 10.8 Å². The SMILES string of the molecule is Nc1cccc2c1C(=O)N(C(=O)CCCO)C2=O. The number of nitrogens with two attached hydrogens (primary N) is 1. The van der Waals surface area contributed by atoms with Crippen LogP contribution in [0.2, 0.25) is 0 Å². The molecule has 0 saturated carbocycles. The molecule has 0 spiro atoms. The van der Waals surface area contributed by atoms with E-state index in [2.05, 4.69) is 0 Å². The molecule has 18 heavy (non-hydrogen) atoms. The lowest BCUT2D eigenvalue weighted by Gasteiger charge is -2.11. The Morgan fingerprint density at radius 3 is 2.61 bits per heavy atom. The van der Waals surface area contributed by atoms with Crippen LogP contribution in [0, 0.1) is 0 Å². The smallest absolute Gasteiger partial charge is 0.270 e. The van der Waals surface area contributed by atoms with Crippen molar-refractivity contribution in [2.24, 2.45) is 0 Å². The summed E-state index contributed by atoms with van der Waals surface area (Å²) in [5.74, 6) is -1.95. The standard InChI is InChI=1S/C12H12N2O4/c13-8-4-1-3-7-10(8)12(18)14(11(7)17)9(16)5-2-6-15/h1,3-4,15H,2,5-6,13H2. The number of nitrogen functional groups attached to an aromatic ring is 1. The molecule has 6 heteroatoms. The molecule has 0 saturated heterocycles. The molecule has 0 fully saturated rings. The van der Waals surface area contributed by atoms with Gasteiger partial charge in [-0.2, -0.15) is 0 Å². The van der Waals surface area contributed by atoms with Gasteiger partial charge in [0.25, 0.3) is 11.8 Å². The molecule has 1 aromatic rings. The summed E-state index contributed by atoms with van der Waals surface area (Å²) < 4.78 is 0. The summed E-state index contributed by atoms with van der Waals surface area (Å²) in [4.78, 5) is 36.2. The van der Waals surface area contributed by atoms with Crippen molar-refractivity contribution in [3.8, 4) is 0 Å². The highest BCUT2D eigenvalue weighted by Gasteiger charge is 2.40. The maximum Gasteiger partial charge on any atom is 0.270 e. The van der Waals surface area contributed by atoms with Gasteiger partial charge in [-0.15, -0.1) is 0 Å². The van der Waals surface area contributed by atoms with Crippen molar-refractivity contribution >= 4 is 23.4 Å². The first-order valence-corrected chi connectivity index (χ1v) is 5.49. The fourth-order valence-corrected chi connectivity index (χ4v) is 1.88. The minimum absolute atomic E-state index is 0.0537. The topological polar surface area (TPSA) is 101 Å². The molecule has 94 valence electrons. The molecule has 0 atom stereocenters. The van der Waals surface area contributed by atoms with Crippen LogP contribution in [-0.2, 0) is 4.79 Å². The fourth-order valence-electron chi connectivity index (χ4n) is 1.88. The van der Waals surface area contributed by atoms with Crippen LogP contribution in [0.5, 0.6) is 0 Å². The highest BCUT2D eigenvalue weighted by atomic mass is 16.3. The fraction of sp³-hybridized carbons (Fsp3) is 0.250. The van der Waals surface area contributed by atoms with E-state index < -0.39 is 17.7 Å². The van der Waals surface area contributed by atoms with Gasteiger partial charge < -0.3 is 10.8 Å². The van der Waals surface area contributed by atoms with Gasteiger partial charge >= 0.3 is 0 Å². The van der Waals surface area contributed by atoms with Crippen LogP contribution in [-0.4, -0.2) is 34.3 Å². The third-order valence-electron chi connectivity index (χ3n) is 2.75. The quantitative estimate of drug-likeness (QED) is 0.586. The molecule has 1 heterocycles. The monoisotopic (exact) mass is 248 g/mol. The van der Waals surface area contributed by atoms with Gasteiger partial charge in [0.05, 0.1) is 11.1 Å². The van der Waals surface area contributed by atoms with Gasteiger partial charge in [-0.25, -0.2) is 4.90 Å². The third kappa shape index (κ3) is 1.76. The molecule has 2 rings (SSSR count). The first kappa shape index (κ1) is 12.3. The van der Waals surface area contributed by atoms with Crippen LogP contribution in [0.3, 0.4) is 0 Å². The van der Waals surface area contributed by atoms with E-state index in [1.54, 1.807) is 6.07 Å². The van der Waals surface area contributed by atoms with Gasteiger partial charge in [-0.05, 0) is 18.6 Å². The van der Waals surface area contributed by atoms with Crippen LogP contribution < -0.4 is 5.73 Å². The number of benzene rings is 1. The van der Waals surface area contributed by atoms with E-state index in [1.165, 1.54) is 12.1 Å². The summed E-state index contributed by atoms with van der Waals surface area (Å²) >= 11 is 0. The third-order valence-corrected chi connectivity index (χ3v) is 2.75. The number of carbonyl (C=O) groups is 3. The number of aliphatic hydroxyl groups is 1. The van der Waals surface area contributed by atoms with Gasteiger partial charge in [0.1, 0.15) is 0 Å². The first-order valence-electron chi connectivity index (χ1n) is 5.49. The lowest BCUT2D eigenvalue weighted by molar-refractivity contribution is -0.126. The molecule has 0 aromatic heterocycles. The second-order valence-electron chi connectivity index (χ2n) is 3.94. The molecule has 6 nitrogen and oxygen atoms in total. The number of hydrogen-bond acceptors (Lipinski definition) is 5. The molecule has 1 aliphatic heterocycles. The largest absolute Gasteiger partial charge is 0.398 e. The summed E-state index contributed by atoms with van der Waals surface area (Å²) in [6.07, 6.45) is 0.156. The van der Waals surface area contributed by atoms with Crippen LogP contribution in [0.4, 0.5) is 5.69 Å². The lowest BCUT2D eigenvalue weighted by Crippen LogP contribution is -2.36. The van der Waals surface area contributed by atoms with Crippen molar-refractivity contribution in [2.45, 2.75) is 12.8 Å². The number of aliphatic hydroxyl groups excluding tert-OH is 1. The minimum atomic E-state index is -0.684.